The van der Waals surface area contributed by atoms with Crippen LogP contribution in [0.3, 0.4) is 0 Å². The van der Waals surface area contributed by atoms with Crippen molar-refractivity contribution in [2.75, 3.05) is 33.2 Å². The van der Waals surface area contributed by atoms with E-state index in [9.17, 15) is 5.11 Å². The lowest BCUT2D eigenvalue weighted by Crippen LogP contribution is -2.08. The lowest BCUT2D eigenvalue weighted by atomic mass is 10.2. The van der Waals surface area contributed by atoms with Crippen molar-refractivity contribution < 1.29 is 14.6 Å². The van der Waals surface area contributed by atoms with Gasteiger partial charge < -0.3 is 19.5 Å². The number of anilines is 1. The maximum absolute atomic E-state index is 9.63. The van der Waals surface area contributed by atoms with Gasteiger partial charge in [0.15, 0.2) is 11.5 Å². The van der Waals surface area contributed by atoms with E-state index < -0.39 is 0 Å². The molecule has 0 radical (unpaired) electrons. The summed E-state index contributed by atoms with van der Waals surface area (Å²) in [6.07, 6.45) is 0. The number of aromatic hydroxyl groups is 1. The molecule has 86 valence electrons. The molecule has 0 bridgehead atoms. The quantitative estimate of drug-likeness (QED) is 0.866. The summed E-state index contributed by atoms with van der Waals surface area (Å²) in [6.45, 7) is 0. The van der Waals surface area contributed by atoms with Crippen molar-refractivity contribution in [3.05, 3.63) is 12.1 Å². The van der Waals surface area contributed by atoms with Crippen molar-refractivity contribution in [1.29, 1.82) is 0 Å². The van der Waals surface area contributed by atoms with Crippen molar-refractivity contribution in [3.63, 3.8) is 0 Å². The highest BCUT2D eigenvalue weighted by Gasteiger charge is 2.11. The first kappa shape index (κ1) is 13.7. The Morgan fingerprint density at radius 1 is 1.07 bits per heavy atom. The summed E-state index contributed by atoms with van der Waals surface area (Å²) in [4.78, 5) is 1.91. The third-order valence-corrected chi connectivity index (χ3v) is 1.98. The standard InChI is InChI=1S/C10H15NO3.ClH/c1-11(2)7-5-8(13-3)10(12)9(6-7)14-4;/h5-6,12H,1-4H3;1H. The monoisotopic (exact) mass is 233 g/mol. The SMILES string of the molecule is COc1cc(N(C)C)cc(OC)c1O.Cl. The summed E-state index contributed by atoms with van der Waals surface area (Å²) in [7, 11) is 6.83. The summed E-state index contributed by atoms with van der Waals surface area (Å²) in [5.74, 6) is 0.849. The third-order valence-electron chi connectivity index (χ3n) is 1.98. The van der Waals surface area contributed by atoms with Crippen molar-refractivity contribution in [2.24, 2.45) is 0 Å². The molecule has 0 aliphatic heterocycles. The smallest absolute Gasteiger partial charge is 0.200 e. The molecule has 1 rings (SSSR count). The maximum atomic E-state index is 9.63. The van der Waals surface area contributed by atoms with Gasteiger partial charge in [-0.05, 0) is 0 Å². The molecule has 1 N–H and O–H groups in total. The predicted molar refractivity (Wildman–Crippen MR) is 62.8 cm³/mol. The van der Waals surface area contributed by atoms with E-state index in [0.717, 1.165) is 5.69 Å². The second-order valence-corrected chi connectivity index (χ2v) is 3.09. The Balaban J connectivity index is 0.00000196. The fourth-order valence-electron chi connectivity index (χ4n) is 1.14. The van der Waals surface area contributed by atoms with Crippen LogP contribution in [0.25, 0.3) is 0 Å². The van der Waals surface area contributed by atoms with Crippen molar-refractivity contribution in [1.82, 2.24) is 0 Å². The van der Waals surface area contributed by atoms with Gasteiger partial charge in [-0.3, -0.25) is 0 Å². The molecule has 0 fully saturated rings. The first-order valence-corrected chi connectivity index (χ1v) is 4.22. The highest BCUT2D eigenvalue weighted by atomic mass is 35.5. The summed E-state index contributed by atoms with van der Waals surface area (Å²) in [5.41, 5.74) is 0.913. The van der Waals surface area contributed by atoms with Crippen LogP contribution in [0.2, 0.25) is 0 Å². The second-order valence-electron chi connectivity index (χ2n) is 3.09. The Hall–Kier alpha value is -1.29. The molecule has 0 spiro atoms. The number of ether oxygens (including phenoxy) is 2. The molecule has 5 heteroatoms. The first-order valence-electron chi connectivity index (χ1n) is 4.22. The van der Waals surface area contributed by atoms with Gasteiger partial charge in [-0.2, -0.15) is 0 Å². The number of rotatable bonds is 3. The number of phenolic OH excluding ortho intramolecular Hbond substituents is 1. The molecule has 0 saturated heterocycles. The van der Waals surface area contributed by atoms with Gasteiger partial charge in [0.2, 0.25) is 5.75 Å². The topological polar surface area (TPSA) is 41.9 Å². The molecule has 0 saturated carbocycles. The Kier molecular flexibility index (Phi) is 5.08. The van der Waals surface area contributed by atoms with Crippen LogP contribution >= 0.6 is 12.4 Å². The zero-order valence-corrected chi connectivity index (χ0v) is 10.1. The molecule has 4 nitrogen and oxygen atoms in total. The largest absolute Gasteiger partial charge is 0.502 e. The van der Waals surface area contributed by atoms with Gasteiger partial charge in [-0.15, -0.1) is 12.4 Å². The average Bonchev–Trinajstić information content (AvgIpc) is 2.17. The normalized spacial score (nSPS) is 9.07. The Labute approximate surface area is 95.8 Å². The number of benzene rings is 1. The van der Waals surface area contributed by atoms with Gasteiger partial charge in [-0.1, -0.05) is 0 Å². The lowest BCUT2D eigenvalue weighted by molar-refractivity contribution is 0.340. The fraction of sp³-hybridized carbons (Fsp3) is 0.400. The zero-order chi connectivity index (χ0) is 10.7. The first-order chi connectivity index (χ1) is 6.60. The summed E-state index contributed by atoms with van der Waals surface area (Å²) >= 11 is 0. The third kappa shape index (κ3) is 2.83. The van der Waals surface area contributed by atoms with E-state index in [1.54, 1.807) is 12.1 Å². The van der Waals surface area contributed by atoms with Gasteiger partial charge >= 0.3 is 0 Å². The number of hydrogen-bond acceptors (Lipinski definition) is 4. The molecule has 0 aliphatic rings. The van der Waals surface area contributed by atoms with Crippen molar-refractivity contribution in [2.45, 2.75) is 0 Å². The summed E-state index contributed by atoms with van der Waals surface area (Å²) < 4.78 is 10.0. The number of methoxy groups -OCH3 is 2. The molecule has 1 aromatic rings. The van der Waals surface area contributed by atoms with E-state index in [1.807, 2.05) is 19.0 Å². The molecule has 0 unspecified atom stereocenters. The van der Waals surface area contributed by atoms with Crippen LogP contribution in [0.1, 0.15) is 0 Å². The number of nitrogens with zero attached hydrogens (tertiary/aromatic N) is 1. The lowest BCUT2D eigenvalue weighted by Gasteiger charge is -2.16. The maximum Gasteiger partial charge on any atom is 0.200 e. The van der Waals surface area contributed by atoms with E-state index in [1.165, 1.54) is 14.2 Å². The highest BCUT2D eigenvalue weighted by Crippen LogP contribution is 2.39. The van der Waals surface area contributed by atoms with Crippen LogP contribution < -0.4 is 14.4 Å². The molecule has 0 atom stereocenters. The number of hydrogen-bond donors (Lipinski definition) is 1. The Bertz CT molecular complexity index is 303. The molecular weight excluding hydrogens is 218 g/mol. The van der Waals surface area contributed by atoms with E-state index in [4.69, 9.17) is 9.47 Å². The molecule has 0 aliphatic carbocycles. The van der Waals surface area contributed by atoms with Crippen LogP contribution in [0.4, 0.5) is 5.69 Å². The highest BCUT2D eigenvalue weighted by molar-refractivity contribution is 5.85. The minimum Gasteiger partial charge on any atom is -0.502 e. The Morgan fingerprint density at radius 3 is 1.73 bits per heavy atom. The van der Waals surface area contributed by atoms with Gasteiger partial charge in [0.25, 0.3) is 0 Å². The van der Waals surface area contributed by atoms with Crippen LogP contribution in [-0.4, -0.2) is 33.4 Å². The van der Waals surface area contributed by atoms with Crippen LogP contribution in [0, 0.1) is 0 Å². The molecule has 0 aromatic heterocycles. The molecule has 1 aromatic carbocycles. The predicted octanol–water partition coefficient (Wildman–Crippen LogP) is 1.90. The van der Waals surface area contributed by atoms with Gasteiger partial charge in [0.05, 0.1) is 14.2 Å². The van der Waals surface area contributed by atoms with Crippen LogP contribution in [-0.2, 0) is 0 Å². The van der Waals surface area contributed by atoms with E-state index in [2.05, 4.69) is 0 Å². The van der Waals surface area contributed by atoms with E-state index >= 15 is 0 Å². The van der Waals surface area contributed by atoms with Gasteiger partial charge in [0.1, 0.15) is 0 Å². The molecule has 0 amide bonds. The second kappa shape index (κ2) is 5.56. The minimum atomic E-state index is 0. The summed E-state index contributed by atoms with van der Waals surface area (Å²) in [6, 6.07) is 3.50. The minimum absolute atomic E-state index is 0. The van der Waals surface area contributed by atoms with Crippen molar-refractivity contribution >= 4 is 18.1 Å². The molecular formula is C10H16ClNO3. The van der Waals surface area contributed by atoms with Gasteiger partial charge in [0, 0.05) is 31.9 Å². The number of phenols is 1. The number of halogens is 1. The zero-order valence-electron chi connectivity index (χ0n) is 9.27. The van der Waals surface area contributed by atoms with E-state index in [0.29, 0.717) is 11.5 Å². The van der Waals surface area contributed by atoms with Crippen LogP contribution in [0.15, 0.2) is 12.1 Å². The molecule has 0 heterocycles. The van der Waals surface area contributed by atoms with Crippen LogP contribution in [0.5, 0.6) is 17.2 Å². The Morgan fingerprint density at radius 2 is 1.47 bits per heavy atom. The average molecular weight is 234 g/mol. The summed E-state index contributed by atoms with van der Waals surface area (Å²) in [5, 5.41) is 9.63. The van der Waals surface area contributed by atoms with E-state index in [-0.39, 0.29) is 18.2 Å². The molecule has 15 heavy (non-hydrogen) atoms. The van der Waals surface area contributed by atoms with Crippen molar-refractivity contribution in [3.8, 4) is 17.2 Å². The van der Waals surface area contributed by atoms with Gasteiger partial charge in [-0.25, -0.2) is 0 Å². The fourth-order valence-corrected chi connectivity index (χ4v) is 1.14.